The summed E-state index contributed by atoms with van der Waals surface area (Å²) < 4.78 is 11.9. The Balaban J connectivity index is 1.71. The highest BCUT2D eigenvalue weighted by molar-refractivity contribution is 7.80. The van der Waals surface area contributed by atoms with Crippen LogP contribution in [0.25, 0.3) is 5.70 Å². The predicted molar refractivity (Wildman–Crippen MR) is 133 cm³/mol. The Hall–Kier alpha value is -3.84. The molecular formula is C26H25N3O3S. The van der Waals surface area contributed by atoms with Gasteiger partial charge < -0.3 is 25.8 Å². The molecule has 1 heterocycles. The molecule has 0 unspecified atom stereocenters. The molecule has 0 aliphatic carbocycles. The Bertz CT molecular complexity index is 1180. The minimum atomic E-state index is -0.538. The van der Waals surface area contributed by atoms with Gasteiger partial charge in [0.05, 0.1) is 23.9 Å². The summed E-state index contributed by atoms with van der Waals surface area (Å²) in [5.41, 5.74) is 9.50. The van der Waals surface area contributed by atoms with Crippen molar-refractivity contribution in [2.24, 2.45) is 5.73 Å². The lowest BCUT2D eigenvalue weighted by atomic mass is 9.92. The van der Waals surface area contributed by atoms with Crippen molar-refractivity contribution in [3.8, 4) is 11.5 Å². The van der Waals surface area contributed by atoms with Gasteiger partial charge in [-0.15, -0.1) is 0 Å². The van der Waals surface area contributed by atoms with E-state index in [0.717, 1.165) is 16.7 Å². The maximum Gasteiger partial charge on any atom is 0.249 e. The summed E-state index contributed by atoms with van der Waals surface area (Å²) in [4.78, 5) is 12.6. The SMILES string of the molecule is CCOc1cc([C@@H]2NC(=S)NC(c3ccccc3)=C2C(N)=O)ccc1OCc1ccccc1. The van der Waals surface area contributed by atoms with Gasteiger partial charge >= 0.3 is 0 Å². The van der Waals surface area contributed by atoms with Gasteiger partial charge in [-0.25, -0.2) is 0 Å². The molecule has 4 N–H and O–H groups in total. The average molecular weight is 460 g/mol. The van der Waals surface area contributed by atoms with E-state index in [0.29, 0.717) is 41.1 Å². The summed E-state index contributed by atoms with van der Waals surface area (Å²) in [6, 6.07) is 24.5. The molecular weight excluding hydrogens is 434 g/mol. The summed E-state index contributed by atoms with van der Waals surface area (Å²) in [5.74, 6) is 0.667. The molecule has 0 spiro atoms. The molecule has 1 aliphatic rings. The molecule has 1 amide bonds. The minimum absolute atomic E-state index is 0.398. The average Bonchev–Trinajstić information content (AvgIpc) is 2.84. The second kappa shape index (κ2) is 10.2. The van der Waals surface area contributed by atoms with Gasteiger partial charge in [0.25, 0.3) is 0 Å². The fourth-order valence-electron chi connectivity index (χ4n) is 3.74. The third-order valence-corrected chi connectivity index (χ3v) is 5.46. The molecule has 0 radical (unpaired) electrons. The highest BCUT2D eigenvalue weighted by Crippen LogP contribution is 2.36. The van der Waals surface area contributed by atoms with Crippen LogP contribution in [0.4, 0.5) is 0 Å². The van der Waals surface area contributed by atoms with E-state index < -0.39 is 11.9 Å². The Morgan fingerprint density at radius 1 is 0.970 bits per heavy atom. The Labute approximate surface area is 198 Å². The van der Waals surface area contributed by atoms with E-state index in [9.17, 15) is 4.79 Å². The number of benzene rings is 3. The van der Waals surface area contributed by atoms with Crippen molar-refractivity contribution in [2.75, 3.05) is 6.61 Å². The molecule has 0 aromatic heterocycles. The molecule has 7 heteroatoms. The van der Waals surface area contributed by atoms with Gasteiger partial charge in [0, 0.05) is 0 Å². The second-order valence-corrected chi connectivity index (χ2v) is 7.87. The number of hydrogen-bond acceptors (Lipinski definition) is 4. The lowest BCUT2D eigenvalue weighted by Gasteiger charge is -2.31. The number of ether oxygens (including phenoxy) is 2. The van der Waals surface area contributed by atoms with Gasteiger partial charge in [-0.3, -0.25) is 4.79 Å². The molecule has 0 bridgehead atoms. The summed E-state index contributed by atoms with van der Waals surface area (Å²) in [5, 5.41) is 6.68. The summed E-state index contributed by atoms with van der Waals surface area (Å²) in [7, 11) is 0. The van der Waals surface area contributed by atoms with Crippen LogP contribution in [0, 0.1) is 0 Å². The lowest BCUT2D eigenvalue weighted by molar-refractivity contribution is -0.114. The Morgan fingerprint density at radius 3 is 2.33 bits per heavy atom. The van der Waals surface area contributed by atoms with Crippen LogP contribution >= 0.6 is 12.2 Å². The van der Waals surface area contributed by atoms with Gasteiger partial charge in [-0.1, -0.05) is 66.7 Å². The molecule has 0 saturated heterocycles. The standard InChI is InChI=1S/C26H25N3O3S/c1-2-31-21-15-19(13-14-20(21)32-16-17-9-5-3-6-10-17)24-22(25(27)30)23(28-26(33)29-24)18-11-7-4-8-12-18/h3-15,24H,2,16H2,1H3,(H2,27,30)(H2,28,29,33)/t24-/m0/s1. The van der Waals surface area contributed by atoms with Crippen molar-refractivity contribution in [1.82, 2.24) is 10.6 Å². The van der Waals surface area contributed by atoms with Crippen molar-refractivity contribution in [3.63, 3.8) is 0 Å². The first kappa shape index (κ1) is 22.4. The van der Waals surface area contributed by atoms with E-state index in [1.165, 1.54) is 0 Å². The van der Waals surface area contributed by atoms with Crippen molar-refractivity contribution in [1.29, 1.82) is 0 Å². The van der Waals surface area contributed by atoms with E-state index in [1.54, 1.807) is 0 Å². The zero-order valence-corrected chi connectivity index (χ0v) is 19.0. The smallest absolute Gasteiger partial charge is 0.249 e. The van der Waals surface area contributed by atoms with Crippen LogP contribution in [-0.4, -0.2) is 17.6 Å². The van der Waals surface area contributed by atoms with Crippen molar-refractivity contribution < 1.29 is 14.3 Å². The van der Waals surface area contributed by atoms with Crippen LogP contribution in [0.3, 0.4) is 0 Å². The van der Waals surface area contributed by atoms with Gasteiger partial charge in [0.1, 0.15) is 6.61 Å². The number of hydrogen-bond donors (Lipinski definition) is 3. The fraction of sp³-hybridized carbons (Fsp3) is 0.154. The minimum Gasteiger partial charge on any atom is -0.490 e. The maximum atomic E-state index is 12.6. The number of thiocarbonyl (C=S) groups is 1. The number of amides is 1. The highest BCUT2D eigenvalue weighted by atomic mass is 32.1. The molecule has 0 fully saturated rings. The first-order valence-corrected chi connectivity index (χ1v) is 11.1. The van der Waals surface area contributed by atoms with Crippen LogP contribution < -0.4 is 25.8 Å². The van der Waals surface area contributed by atoms with Crippen LogP contribution in [0.15, 0.2) is 84.4 Å². The third kappa shape index (κ3) is 5.15. The zero-order valence-electron chi connectivity index (χ0n) is 18.2. The molecule has 33 heavy (non-hydrogen) atoms. The second-order valence-electron chi connectivity index (χ2n) is 7.46. The third-order valence-electron chi connectivity index (χ3n) is 5.24. The largest absolute Gasteiger partial charge is 0.490 e. The van der Waals surface area contributed by atoms with Gasteiger partial charge in [-0.05, 0) is 48.0 Å². The summed E-state index contributed by atoms with van der Waals surface area (Å²) in [6.07, 6.45) is 0. The molecule has 3 aromatic carbocycles. The number of primary amides is 1. The van der Waals surface area contributed by atoms with Crippen LogP contribution in [-0.2, 0) is 11.4 Å². The molecule has 168 valence electrons. The number of carbonyl (C=O) groups excluding carboxylic acids is 1. The number of nitrogens with one attached hydrogen (secondary N) is 2. The fourth-order valence-corrected chi connectivity index (χ4v) is 3.96. The van der Waals surface area contributed by atoms with Crippen LogP contribution in [0.5, 0.6) is 11.5 Å². The summed E-state index contributed by atoms with van der Waals surface area (Å²) >= 11 is 5.44. The molecule has 4 rings (SSSR count). The van der Waals surface area contributed by atoms with E-state index >= 15 is 0 Å². The molecule has 1 aliphatic heterocycles. The Morgan fingerprint density at radius 2 is 1.67 bits per heavy atom. The van der Waals surface area contributed by atoms with E-state index in [-0.39, 0.29) is 0 Å². The number of nitrogens with two attached hydrogens (primary N) is 1. The van der Waals surface area contributed by atoms with Crippen molar-refractivity contribution >= 4 is 28.9 Å². The van der Waals surface area contributed by atoms with Gasteiger partial charge in [-0.2, -0.15) is 0 Å². The maximum absolute atomic E-state index is 12.6. The van der Waals surface area contributed by atoms with E-state index in [2.05, 4.69) is 10.6 Å². The first-order chi connectivity index (χ1) is 16.1. The van der Waals surface area contributed by atoms with Gasteiger partial charge in [0.2, 0.25) is 5.91 Å². The molecule has 1 atom stereocenters. The van der Waals surface area contributed by atoms with Crippen LogP contribution in [0.2, 0.25) is 0 Å². The van der Waals surface area contributed by atoms with Crippen molar-refractivity contribution in [3.05, 3.63) is 101 Å². The van der Waals surface area contributed by atoms with E-state index in [1.807, 2.05) is 85.8 Å². The van der Waals surface area contributed by atoms with Crippen molar-refractivity contribution in [2.45, 2.75) is 19.6 Å². The zero-order chi connectivity index (χ0) is 23.2. The Kier molecular flexibility index (Phi) is 6.90. The quantitative estimate of drug-likeness (QED) is 0.440. The molecule has 0 saturated carbocycles. The number of carbonyl (C=O) groups is 1. The highest BCUT2D eigenvalue weighted by Gasteiger charge is 2.31. The molecule has 6 nitrogen and oxygen atoms in total. The van der Waals surface area contributed by atoms with Gasteiger partial charge in [0.15, 0.2) is 16.6 Å². The number of rotatable bonds is 8. The monoisotopic (exact) mass is 459 g/mol. The lowest BCUT2D eigenvalue weighted by Crippen LogP contribution is -2.46. The normalized spacial score (nSPS) is 15.4. The molecule has 3 aromatic rings. The predicted octanol–water partition coefficient (Wildman–Crippen LogP) is 4.08. The first-order valence-electron chi connectivity index (χ1n) is 10.7. The van der Waals surface area contributed by atoms with Crippen LogP contribution in [0.1, 0.15) is 29.7 Å². The van der Waals surface area contributed by atoms with E-state index in [4.69, 9.17) is 27.4 Å². The summed E-state index contributed by atoms with van der Waals surface area (Å²) in [6.45, 7) is 2.80. The topological polar surface area (TPSA) is 85.6 Å².